The maximum absolute atomic E-state index is 5.80. The van der Waals surface area contributed by atoms with Crippen LogP contribution in [0.25, 0.3) is 6.08 Å². The molecule has 88 valence electrons. The largest absolute Gasteiger partial charge is 0.484 e. The molecule has 0 saturated carbocycles. The summed E-state index contributed by atoms with van der Waals surface area (Å²) in [6, 6.07) is 5.76. The van der Waals surface area contributed by atoms with Crippen molar-refractivity contribution in [2.24, 2.45) is 0 Å². The lowest BCUT2D eigenvalue weighted by Gasteiger charge is -2.23. The highest BCUT2D eigenvalue weighted by Gasteiger charge is 2.16. The van der Waals surface area contributed by atoms with Crippen LogP contribution in [0.3, 0.4) is 0 Å². The van der Waals surface area contributed by atoms with Crippen LogP contribution in [0.1, 0.15) is 19.4 Å². The van der Waals surface area contributed by atoms with Crippen molar-refractivity contribution in [1.29, 1.82) is 0 Å². The number of ether oxygens (including phenoxy) is 2. The van der Waals surface area contributed by atoms with Gasteiger partial charge in [0.05, 0.1) is 0 Å². The van der Waals surface area contributed by atoms with E-state index in [1.54, 1.807) is 6.08 Å². The second kappa shape index (κ2) is 4.13. The van der Waals surface area contributed by atoms with Gasteiger partial charge in [-0.05, 0) is 44.2 Å². The molecule has 1 heterocycles. The van der Waals surface area contributed by atoms with Crippen molar-refractivity contribution in [3.8, 4) is 11.5 Å². The Bertz CT molecular complexity index is 496. The first kappa shape index (κ1) is 11.5. The smallest absolute Gasteiger partial charge is 0.138 e. The summed E-state index contributed by atoms with van der Waals surface area (Å²) in [5.41, 5.74) is 0.636. The van der Waals surface area contributed by atoms with Crippen LogP contribution in [0, 0.1) is 0 Å². The standard InChI is InChI=1S/C15H16O2/c1-5-15(3,4)17-13-9-8-12-7-6-11(2)16-14(12)10-13/h5-10H,1-2H2,3-4H3. The van der Waals surface area contributed by atoms with Gasteiger partial charge < -0.3 is 9.47 Å². The summed E-state index contributed by atoms with van der Waals surface area (Å²) in [5.74, 6) is 2.17. The molecule has 2 rings (SSSR count). The van der Waals surface area contributed by atoms with Gasteiger partial charge in [-0.25, -0.2) is 0 Å². The van der Waals surface area contributed by atoms with Crippen LogP contribution in [0.4, 0.5) is 0 Å². The zero-order chi connectivity index (χ0) is 12.5. The van der Waals surface area contributed by atoms with Crippen LogP contribution in [-0.2, 0) is 0 Å². The lowest BCUT2D eigenvalue weighted by atomic mass is 10.1. The molecule has 0 aliphatic carbocycles. The summed E-state index contributed by atoms with van der Waals surface area (Å²) in [6.07, 6.45) is 5.59. The Balaban J connectivity index is 2.28. The molecule has 1 aliphatic rings. The lowest BCUT2D eigenvalue weighted by Crippen LogP contribution is -2.24. The van der Waals surface area contributed by atoms with Gasteiger partial charge in [-0.2, -0.15) is 0 Å². The van der Waals surface area contributed by atoms with Gasteiger partial charge in [0.1, 0.15) is 22.9 Å². The summed E-state index contributed by atoms with van der Waals surface area (Å²) >= 11 is 0. The highest BCUT2D eigenvalue weighted by Crippen LogP contribution is 2.32. The normalized spacial score (nSPS) is 13.9. The van der Waals surface area contributed by atoms with Crippen molar-refractivity contribution < 1.29 is 9.47 Å². The molecule has 1 aromatic carbocycles. The minimum Gasteiger partial charge on any atom is -0.484 e. The average Bonchev–Trinajstić information content (AvgIpc) is 2.28. The Kier molecular flexibility index (Phi) is 2.80. The van der Waals surface area contributed by atoms with E-state index in [0.717, 1.165) is 17.1 Å². The first-order chi connectivity index (χ1) is 8.00. The number of allylic oxidation sites excluding steroid dienone is 1. The number of rotatable bonds is 3. The van der Waals surface area contributed by atoms with Gasteiger partial charge in [0.25, 0.3) is 0 Å². The zero-order valence-electron chi connectivity index (χ0n) is 10.2. The quantitative estimate of drug-likeness (QED) is 0.729. The van der Waals surface area contributed by atoms with Crippen LogP contribution in [0.2, 0.25) is 0 Å². The number of fused-ring (bicyclic) bond motifs is 1. The van der Waals surface area contributed by atoms with E-state index in [1.807, 2.05) is 44.2 Å². The van der Waals surface area contributed by atoms with Crippen molar-refractivity contribution >= 4 is 6.08 Å². The molecule has 0 saturated heterocycles. The number of benzene rings is 1. The topological polar surface area (TPSA) is 18.5 Å². The van der Waals surface area contributed by atoms with Gasteiger partial charge in [0, 0.05) is 11.6 Å². The van der Waals surface area contributed by atoms with Crippen molar-refractivity contribution in [1.82, 2.24) is 0 Å². The van der Waals surface area contributed by atoms with E-state index >= 15 is 0 Å². The maximum Gasteiger partial charge on any atom is 0.138 e. The van der Waals surface area contributed by atoms with E-state index in [4.69, 9.17) is 9.47 Å². The second-order valence-corrected chi connectivity index (χ2v) is 4.51. The predicted molar refractivity (Wildman–Crippen MR) is 70.1 cm³/mol. The van der Waals surface area contributed by atoms with Gasteiger partial charge in [-0.15, -0.1) is 0 Å². The summed E-state index contributed by atoms with van der Waals surface area (Å²) < 4.78 is 11.3. The summed E-state index contributed by atoms with van der Waals surface area (Å²) in [5, 5.41) is 0. The Morgan fingerprint density at radius 3 is 2.76 bits per heavy atom. The molecule has 0 atom stereocenters. The molecule has 2 nitrogen and oxygen atoms in total. The van der Waals surface area contributed by atoms with Gasteiger partial charge >= 0.3 is 0 Å². The van der Waals surface area contributed by atoms with Gasteiger partial charge in [-0.3, -0.25) is 0 Å². The molecule has 0 fully saturated rings. The zero-order valence-corrected chi connectivity index (χ0v) is 10.2. The first-order valence-electron chi connectivity index (χ1n) is 5.52. The molecule has 1 aromatic rings. The highest BCUT2D eigenvalue weighted by molar-refractivity contribution is 5.63. The van der Waals surface area contributed by atoms with Crippen molar-refractivity contribution in [3.63, 3.8) is 0 Å². The van der Waals surface area contributed by atoms with E-state index in [0.29, 0.717) is 5.76 Å². The minimum atomic E-state index is -0.393. The molecule has 0 bridgehead atoms. The third-order valence-electron chi connectivity index (χ3n) is 2.55. The van der Waals surface area contributed by atoms with E-state index in [-0.39, 0.29) is 0 Å². The van der Waals surface area contributed by atoms with Crippen LogP contribution in [-0.4, -0.2) is 5.60 Å². The van der Waals surface area contributed by atoms with E-state index in [9.17, 15) is 0 Å². The van der Waals surface area contributed by atoms with E-state index < -0.39 is 5.60 Å². The van der Waals surface area contributed by atoms with Crippen LogP contribution < -0.4 is 9.47 Å². The van der Waals surface area contributed by atoms with Crippen LogP contribution in [0.15, 0.2) is 49.3 Å². The van der Waals surface area contributed by atoms with Crippen molar-refractivity contribution in [2.75, 3.05) is 0 Å². The van der Waals surface area contributed by atoms with Crippen molar-refractivity contribution in [3.05, 3.63) is 54.8 Å². The molecule has 1 aliphatic heterocycles. The Hall–Kier alpha value is -1.96. The fourth-order valence-corrected chi connectivity index (χ4v) is 1.51. The summed E-state index contributed by atoms with van der Waals surface area (Å²) in [4.78, 5) is 0. The van der Waals surface area contributed by atoms with Crippen molar-refractivity contribution in [2.45, 2.75) is 19.4 Å². The molecule has 0 unspecified atom stereocenters. The fourth-order valence-electron chi connectivity index (χ4n) is 1.51. The SMILES string of the molecule is C=CC(C)(C)Oc1ccc2c(c1)OC(=C)C=C2. The monoisotopic (exact) mass is 228 g/mol. The van der Waals surface area contributed by atoms with Crippen LogP contribution in [0.5, 0.6) is 11.5 Å². The minimum absolute atomic E-state index is 0.393. The van der Waals surface area contributed by atoms with Gasteiger partial charge in [-0.1, -0.05) is 13.2 Å². The van der Waals surface area contributed by atoms with E-state index in [1.165, 1.54) is 0 Å². The molecular formula is C15H16O2. The average molecular weight is 228 g/mol. The molecule has 0 amide bonds. The van der Waals surface area contributed by atoms with Crippen LogP contribution >= 0.6 is 0 Å². The lowest BCUT2D eigenvalue weighted by molar-refractivity contribution is 0.162. The molecule has 0 spiro atoms. The van der Waals surface area contributed by atoms with E-state index in [2.05, 4.69) is 13.2 Å². The Morgan fingerprint density at radius 1 is 1.29 bits per heavy atom. The Labute approximate surface area is 102 Å². The first-order valence-corrected chi connectivity index (χ1v) is 5.52. The maximum atomic E-state index is 5.80. The molecule has 0 aromatic heterocycles. The molecular weight excluding hydrogens is 212 g/mol. The number of hydrogen-bond donors (Lipinski definition) is 0. The van der Waals surface area contributed by atoms with Gasteiger partial charge in [0.2, 0.25) is 0 Å². The number of hydrogen-bond acceptors (Lipinski definition) is 2. The van der Waals surface area contributed by atoms with Gasteiger partial charge in [0.15, 0.2) is 0 Å². The highest BCUT2D eigenvalue weighted by atomic mass is 16.5. The Morgan fingerprint density at radius 2 is 2.06 bits per heavy atom. The summed E-state index contributed by atoms with van der Waals surface area (Å²) in [6.45, 7) is 11.4. The predicted octanol–water partition coefficient (Wildman–Crippen LogP) is 3.95. The third-order valence-corrected chi connectivity index (χ3v) is 2.55. The third kappa shape index (κ3) is 2.59. The summed E-state index contributed by atoms with van der Waals surface area (Å²) in [7, 11) is 0. The molecule has 17 heavy (non-hydrogen) atoms. The molecule has 0 N–H and O–H groups in total. The fraction of sp³-hybridized carbons (Fsp3) is 0.200. The molecule has 0 radical (unpaired) electrons. The molecule has 2 heteroatoms. The second-order valence-electron chi connectivity index (χ2n) is 4.51.